The van der Waals surface area contributed by atoms with Crippen molar-refractivity contribution in [3.8, 4) is 5.75 Å². The molecule has 1 aliphatic rings. The molecule has 35 heavy (non-hydrogen) atoms. The molecule has 186 valence electrons. The maximum Gasteiger partial charge on any atom is 0.296 e. The van der Waals surface area contributed by atoms with E-state index in [0.29, 0.717) is 18.5 Å². The number of sulfonamides is 1. The molecule has 0 atom stereocenters. The van der Waals surface area contributed by atoms with Crippen molar-refractivity contribution in [2.75, 3.05) is 25.9 Å². The van der Waals surface area contributed by atoms with Crippen LogP contribution in [-0.2, 0) is 24.3 Å². The van der Waals surface area contributed by atoms with E-state index in [0.717, 1.165) is 38.9 Å². The van der Waals surface area contributed by atoms with Crippen LogP contribution in [0, 0.1) is 0 Å². The fourth-order valence-electron chi connectivity index (χ4n) is 4.05. The van der Waals surface area contributed by atoms with Gasteiger partial charge in [0.2, 0.25) is 10.0 Å². The summed E-state index contributed by atoms with van der Waals surface area (Å²) in [7, 11) is -6.81. The van der Waals surface area contributed by atoms with Gasteiger partial charge in [-0.1, -0.05) is 31.0 Å². The van der Waals surface area contributed by atoms with E-state index in [1.165, 1.54) is 28.6 Å². The zero-order valence-corrected chi connectivity index (χ0v) is 20.7. The normalized spacial score (nSPS) is 16.0. The smallest absolute Gasteiger partial charge is 0.296 e. The van der Waals surface area contributed by atoms with Crippen LogP contribution in [0.15, 0.2) is 68.6 Å². The molecule has 3 aromatic rings. The number of phenolic OH excluding ortho intramolecular Hbond substituents is 1. The van der Waals surface area contributed by atoms with Crippen molar-refractivity contribution in [1.82, 2.24) is 4.31 Å². The highest BCUT2D eigenvalue weighted by Gasteiger charge is 2.27. The maximum absolute atomic E-state index is 13.4. The number of azo groups is 1. The highest BCUT2D eigenvalue weighted by atomic mass is 32.2. The lowest BCUT2D eigenvalue weighted by Crippen LogP contribution is -2.31. The lowest BCUT2D eigenvalue weighted by molar-refractivity contribution is 0.397. The number of nitrogens with two attached hydrogens (primary N) is 1. The quantitative estimate of drug-likeness (QED) is 0.278. The molecule has 1 heterocycles. The third-order valence-corrected chi connectivity index (χ3v) is 9.09. The Kier molecular flexibility index (Phi) is 7.08. The molecule has 0 spiro atoms. The topological polar surface area (TPSA) is 152 Å². The van der Waals surface area contributed by atoms with Crippen molar-refractivity contribution in [3.05, 3.63) is 48.5 Å². The Balaban J connectivity index is 1.79. The lowest BCUT2D eigenvalue weighted by Gasteiger charge is -2.20. The van der Waals surface area contributed by atoms with Gasteiger partial charge >= 0.3 is 0 Å². The van der Waals surface area contributed by atoms with Crippen LogP contribution in [0.25, 0.3) is 10.8 Å². The zero-order valence-electron chi connectivity index (χ0n) is 19.1. The third-order valence-electron chi connectivity index (χ3n) is 5.89. The van der Waals surface area contributed by atoms with Crippen LogP contribution in [0.5, 0.6) is 5.75 Å². The number of aromatic hydroxyl groups is 1. The first-order chi connectivity index (χ1) is 16.6. The van der Waals surface area contributed by atoms with Crippen molar-refractivity contribution in [2.24, 2.45) is 10.2 Å². The van der Waals surface area contributed by atoms with Gasteiger partial charge < -0.3 is 10.8 Å². The highest BCUT2D eigenvalue weighted by molar-refractivity contribution is 7.89. The summed E-state index contributed by atoms with van der Waals surface area (Å²) < 4.78 is 56.9. The molecule has 1 saturated heterocycles. The molecule has 0 aliphatic carbocycles. The minimum atomic E-state index is -4.04. The largest absolute Gasteiger partial charge is 0.507 e. The molecule has 0 radical (unpaired) electrons. The molecule has 1 fully saturated rings. The molecule has 3 aromatic carbocycles. The fraction of sp³-hybridized carbons (Fsp3) is 0.304. The van der Waals surface area contributed by atoms with Gasteiger partial charge in [0, 0.05) is 19.2 Å². The number of hydrogen-bond donors (Lipinski definition) is 2. The van der Waals surface area contributed by atoms with E-state index in [1.54, 1.807) is 18.2 Å². The number of hydrogen-bond acceptors (Lipinski definition) is 9. The summed E-state index contributed by atoms with van der Waals surface area (Å²) in [6.07, 6.45) is 3.58. The van der Waals surface area contributed by atoms with Crippen molar-refractivity contribution < 1.29 is 26.1 Å². The minimum Gasteiger partial charge on any atom is -0.507 e. The average Bonchev–Trinajstić information content (AvgIpc) is 3.14. The Morgan fingerprint density at radius 3 is 2.31 bits per heavy atom. The minimum absolute atomic E-state index is 0.0298. The SMILES string of the molecule is COS(=O)(=O)c1cc(O)c2c(N=Nc3ccccc3S(=O)(=O)N3CCCCCC3)c(N)ccc2c1. The summed E-state index contributed by atoms with van der Waals surface area (Å²) in [5, 5.41) is 19.5. The van der Waals surface area contributed by atoms with E-state index in [-0.39, 0.29) is 38.0 Å². The van der Waals surface area contributed by atoms with Gasteiger partial charge in [0.15, 0.2) is 0 Å². The first-order valence-corrected chi connectivity index (χ1v) is 13.9. The summed E-state index contributed by atoms with van der Waals surface area (Å²) in [5.74, 6) is -0.384. The van der Waals surface area contributed by atoms with Gasteiger partial charge in [-0.05, 0) is 42.5 Å². The van der Waals surface area contributed by atoms with Crippen LogP contribution in [0.1, 0.15) is 25.7 Å². The molecular formula is C23H26N4O6S2. The van der Waals surface area contributed by atoms with Gasteiger partial charge in [0.25, 0.3) is 10.1 Å². The molecule has 0 unspecified atom stereocenters. The molecule has 10 nitrogen and oxygen atoms in total. The van der Waals surface area contributed by atoms with Crippen molar-refractivity contribution in [1.29, 1.82) is 0 Å². The lowest BCUT2D eigenvalue weighted by atomic mass is 10.1. The van der Waals surface area contributed by atoms with Gasteiger partial charge in [0.05, 0.1) is 23.1 Å². The van der Waals surface area contributed by atoms with Crippen molar-refractivity contribution >= 4 is 48.0 Å². The van der Waals surface area contributed by atoms with Crippen molar-refractivity contribution in [3.63, 3.8) is 0 Å². The Morgan fingerprint density at radius 2 is 1.63 bits per heavy atom. The Hall–Kier alpha value is -3.06. The number of phenols is 1. The predicted octanol–water partition coefficient (Wildman–Crippen LogP) is 4.44. The van der Waals surface area contributed by atoms with Gasteiger partial charge in [-0.15, -0.1) is 10.2 Å². The number of nitrogen functional groups attached to an aromatic ring is 1. The van der Waals surface area contributed by atoms with Gasteiger partial charge in [-0.2, -0.15) is 12.7 Å². The van der Waals surface area contributed by atoms with E-state index in [2.05, 4.69) is 14.4 Å². The number of nitrogens with zero attached hydrogens (tertiary/aromatic N) is 3. The van der Waals surface area contributed by atoms with Crippen LogP contribution >= 0.6 is 0 Å². The molecule has 0 bridgehead atoms. The molecular weight excluding hydrogens is 492 g/mol. The summed E-state index contributed by atoms with van der Waals surface area (Å²) in [5.41, 5.74) is 6.48. The van der Waals surface area contributed by atoms with E-state index < -0.39 is 20.1 Å². The second kappa shape index (κ2) is 9.90. The van der Waals surface area contributed by atoms with Crippen molar-refractivity contribution in [2.45, 2.75) is 35.5 Å². The molecule has 0 aromatic heterocycles. The summed E-state index contributed by atoms with van der Waals surface area (Å²) >= 11 is 0. The summed E-state index contributed by atoms with van der Waals surface area (Å²) in [4.78, 5) is -0.200. The van der Waals surface area contributed by atoms with E-state index in [4.69, 9.17) is 5.73 Å². The summed E-state index contributed by atoms with van der Waals surface area (Å²) in [6, 6.07) is 11.7. The van der Waals surface area contributed by atoms with Gasteiger partial charge in [-0.3, -0.25) is 4.18 Å². The van der Waals surface area contributed by atoms with E-state index in [9.17, 15) is 21.9 Å². The number of anilines is 1. The predicted molar refractivity (Wildman–Crippen MR) is 132 cm³/mol. The molecule has 0 amide bonds. The molecule has 12 heteroatoms. The standard InChI is InChI=1S/C23H26N4O6S2/c1-33-35(31,32)17-14-16-10-11-18(24)23(22(16)20(28)15-17)26-25-19-8-4-5-9-21(19)34(29,30)27-12-6-2-3-7-13-27/h4-5,8-11,14-15,28H,2-3,6-7,12-13,24H2,1H3. The van der Waals surface area contributed by atoms with Crippen LogP contribution in [0.4, 0.5) is 17.1 Å². The summed E-state index contributed by atoms with van der Waals surface area (Å²) in [6.45, 7) is 0.898. The molecule has 4 rings (SSSR count). The van der Waals surface area contributed by atoms with Crippen LogP contribution in [0.3, 0.4) is 0 Å². The molecule has 1 aliphatic heterocycles. The number of fused-ring (bicyclic) bond motifs is 1. The molecule has 0 saturated carbocycles. The van der Waals surface area contributed by atoms with Crippen LogP contribution in [0.2, 0.25) is 0 Å². The first-order valence-electron chi connectivity index (χ1n) is 11.0. The highest BCUT2D eigenvalue weighted by Crippen LogP contribution is 2.41. The first kappa shape index (κ1) is 25.0. The Bertz CT molecular complexity index is 1500. The third kappa shape index (κ3) is 5.01. The maximum atomic E-state index is 13.4. The fourth-order valence-corrected chi connectivity index (χ4v) is 6.41. The second-order valence-electron chi connectivity index (χ2n) is 8.15. The zero-order chi connectivity index (χ0) is 25.2. The number of rotatable bonds is 6. The monoisotopic (exact) mass is 518 g/mol. The molecule has 3 N–H and O–H groups in total. The Morgan fingerprint density at radius 1 is 0.943 bits per heavy atom. The Labute approximate surface area is 204 Å². The van der Waals surface area contributed by atoms with Crippen LogP contribution in [-0.4, -0.2) is 46.4 Å². The van der Waals surface area contributed by atoms with Gasteiger partial charge in [-0.25, -0.2) is 8.42 Å². The van der Waals surface area contributed by atoms with E-state index >= 15 is 0 Å². The number of benzene rings is 3. The van der Waals surface area contributed by atoms with Gasteiger partial charge in [0.1, 0.15) is 22.0 Å². The second-order valence-corrected chi connectivity index (χ2v) is 11.8. The average molecular weight is 519 g/mol. The van der Waals surface area contributed by atoms with Crippen LogP contribution < -0.4 is 5.73 Å². The van der Waals surface area contributed by atoms with E-state index in [1.807, 2.05) is 0 Å².